The molecule has 3 N–H and O–H groups in total. The number of sulfonamides is 1. The first kappa shape index (κ1) is 30.2. The molecule has 0 aliphatic rings. The van der Waals surface area contributed by atoms with Gasteiger partial charge in [-0.3, -0.25) is 4.79 Å². The summed E-state index contributed by atoms with van der Waals surface area (Å²) < 4.78 is 160. The van der Waals surface area contributed by atoms with Crippen LogP contribution in [0.5, 0.6) is 0 Å². The Morgan fingerprint density at radius 3 is 1.52 bits per heavy atom. The van der Waals surface area contributed by atoms with Crippen molar-refractivity contribution in [2.45, 2.75) is 11.3 Å². The molecule has 214 valence electrons. The number of hydrogen-bond acceptors (Lipinski definition) is 4. The fourth-order valence-electron chi connectivity index (χ4n) is 3.08. The molecule has 3 amide bonds. The van der Waals surface area contributed by atoms with Crippen molar-refractivity contribution in [3.05, 3.63) is 93.6 Å². The molecule has 0 fully saturated rings. The highest BCUT2D eigenvalue weighted by atomic mass is 32.2. The highest BCUT2D eigenvalue weighted by Gasteiger charge is 2.30. The molecule has 3 aromatic rings. The van der Waals surface area contributed by atoms with E-state index in [-0.39, 0.29) is 12.0 Å². The predicted octanol–water partition coefficient (Wildman–Crippen LogP) is 4.56. The van der Waals surface area contributed by atoms with Crippen LogP contribution in [0.15, 0.2) is 29.2 Å². The Balaban J connectivity index is 1.64. The Morgan fingerprint density at radius 1 is 0.625 bits per heavy atom. The number of carbonyl (C=O) groups is 2. The Kier molecular flexibility index (Phi) is 8.61. The van der Waals surface area contributed by atoms with Crippen LogP contribution < -0.4 is 15.4 Å². The second-order valence-electron chi connectivity index (χ2n) is 7.60. The topological polar surface area (TPSA) is 104 Å². The number of rotatable bonds is 7. The van der Waals surface area contributed by atoms with Gasteiger partial charge in [0.1, 0.15) is 11.3 Å². The number of benzene rings is 3. The molecule has 0 spiro atoms. The maximum atomic E-state index is 13.7. The van der Waals surface area contributed by atoms with Gasteiger partial charge in [0.2, 0.25) is 11.6 Å². The molecule has 3 aromatic carbocycles. The maximum Gasteiger partial charge on any atom is 0.333 e. The molecule has 40 heavy (non-hydrogen) atoms. The third-order valence-corrected chi connectivity index (χ3v) is 6.39. The molecule has 0 saturated heterocycles. The zero-order valence-corrected chi connectivity index (χ0v) is 19.9. The molecule has 0 heterocycles. The van der Waals surface area contributed by atoms with E-state index in [0.29, 0.717) is 0 Å². The monoisotopic (exact) mass is 603 g/mol. The zero-order chi connectivity index (χ0) is 30.1. The van der Waals surface area contributed by atoms with Crippen molar-refractivity contribution in [2.24, 2.45) is 0 Å². The van der Waals surface area contributed by atoms with E-state index in [9.17, 15) is 61.9 Å². The Bertz CT molecular complexity index is 1580. The fourth-order valence-corrected chi connectivity index (χ4v) is 3.99. The molecule has 0 unspecified atom stereocenters. The largest absolute Gasteiger partial charge is 0.352 e. The SMILES string of the molecule is O=C(Nc1c(F)c(F)c(F)c(F)c1F)NS(=O)(=O)c1ccc(CCNC(=O)c2c(F)c(F)c(F)c(F)c2F)cc1. The summed E-state index contributed by atoms with van der Waals surface area (Å²) in [6, 6.07) is 2.11. The number of halogens is 10. The van der Waals surface area contributed by atoms with Crippen LogP contribution in [-0.2, 0) is 16.4 Å². The summed E-state index contributed by atoms with van der Waals surface area (Å²) in [5.74, 6) is -25.6. The van der Waals surface area contributed by atoms with Gasteiger partial charge in [-0.1, -0.05) is 12.1 Å². The highest BCUT2D eigenvalue weighted by Crippen LogP contribution is 2.27. The molecule has 0 radical (unpaired) electrons. The van der Waals surface area contributed by atoms with Crippen molar-refractivity contribution in [2.75, 3.05) is 11.9 Å². The van der Waals surface area contributed by atoms with Gasteiger partial charge in [-0.05, 0) is 24.1 Å². The van der Waals surface area contributed by atoms with Gasteiger partial charge in [-0.25, -0.2) is 61.8 Å². The molecule has 18 heteroatoms. The van der Waals surface area contributed by atoms with Gasteiger partial charge in [0.25, 0.3) is 15.9 Å². The molecule has 0 bridgehead atoms. The third-order valence-electron chi connectivity index (χ3n) is 5.05. The van der Waals surface area contributed by atoms with Crippen LogP contribution in [0.3, 0.4) is 0 Å². The lowest BCUT2D eigenvalue weighted by Crippen LogP contribution is -2.35. The van der Waals surface area contributed by atoms with E-state index in [1.165, 1.54) is 10.0 Å². The first-order valence-electron chi connectivity index (χ1n) is 10.3. The number of carbonyl (C=O) groups excluding carboxylic acids is 2. The summed E-state index contributed by atoms with van der Waals surface area (Å²) in [6.07, 6.45) is -0.157. The van der Waals surface area contributed by atoms with Gasteiger partial charge < -0.3 is 10.6 Å². The van der Waals surface area contributed by atoms with Crippen LogP contribution in [0, 0.1) is 58.2 Å². The van der Waals surface area contributed by atoms with Crippen molar-refractivity contribution in [3.63, 3.8) is 0 Å². The minimum Gasteiger partial charge on any atom is -0.352 e. The number of hydrogen-bond donors (Lipinski definition) is 3. The van der Waals surface area contributed by atoms with E-state index >= 15 is 0 Å². The first-order chi connectivity index (χ1) is 18.6. The average molecular weight is 603 g/mol. The van der Waals surface area contributed by atoms with Crippen molar-refractivity contribution >= 4 is 27.6 Å². The lowest BCUT2D eigenvalue weighted by Gasteiger charge is -2.12. The summed E-state index contributed by atoms with van der Waals surface area (Å²) in [4.78, 5) is 23.2. The normalized spacial score (nSPS) is 11.3. The zero-order valence-electron chi connectivity index (χ0n) is 19.0. The molecule has 3 rings (SSSR count). The number of amides is 3. The lowest BCUT2D eigenvalue weighted by molar-refractivity contribution is 0.0942. The fraction of sp³-hybridized carbons (Fsp3) is 0.0909. The minimum atomic E-state index is -4.76. The minimum absolute atomic E-state index is 0.157. The van der Waals surface area contributed by atoms with Crippen molar-refractivity contribution in [1.82, 2.24) is 10.0 Å². The van der Waals surface area contributed by atoms with E-state index < -0.39 is 103 Å². The smallest absolute Gasteiger partial charge is 0.333 e. The van der Waals surface area contributed by atoms with Crippen LogP contribution >= 0.6 is 0 Å². The lowest BCUT2D eigenvalue weighted by atomic mass is 10.1. The summed E-state index contributed by atoms with van der Waals surface area (Å²) in [5, 5.41) is 3.13. The second kappa shape index (κ2) is 11.4. The standard InChI is InChI=1S/C22H11F10N3O4S/c23-10-9(11(24)13(26)14(27)12(10)25)21(36)33-6-5-7-1-3-8(4-2-7)40(38,39)35-22(37)34-20-18(31)16(29)15(28)17(30)19(20)32/h1-4H,5-6H2,(H,33,36)(H2,34,35,37). The number of urea groups is 1. The molecular formula is C22H11F10N3O4S. The number of nitrogens with one attached hydrogen (secondary N) is 3. The average Bonchev–Trinajstić information content (AvgIpc) is 2.91. The Hall–Kier alpha value is -4.35. The Labute approximate surface area is 216 Å². The second-order valence-corrected chi connectivity index (χ2v) is 9.28. The van der Waals surface area contributed by atoms with Gasteiger partial charge >= 0.3 is 6.03 Å². The first-order valence-corrected chi connectivity index (χ1v) is 11.8. The predicted molar refractivity (Wildman–Crippen MR) is 114 cm³/mol. The van der Waals surface area contributed by atoms with Gasteiger partial charge in [0.05, 0.1) is 4.90 Å². The van der Waals surface area contributed by atoms with Gasteiger partial charge in [-0.2, -0.15) is 0 Å². The molecule has 0 aliphatic carbocycles. The quantitative estimate of drug-likeness (QED) is 0.209. The van der Waals surface area contributed by atoms with Crippen molar-refractivity contribution in [3.8, 4) is 0 Å². The number of anilines is 1. The molecule has 0 aliphatic heterocycles. The molecule has 0 aromatic heterocycles. The molecule has 0 atom stereocenters. The van der Waals surface area contributed by atoms with Gasteiger partial charge in [0, 0.05) is 6.54 Å². The molecular weight excluding hydrogens is 592 g/mol. The third kappa shape index (κ3) is 5.80. The van der Waals surface area contributed by atoms with Crippen LogP contribution in [-0.4, -0.2) is 26.9 Å². The van der Waals surface area contributed by atoms with E-state index in [1.54, 1.807) is 0 Å². The van der Waals surface area contributed by atoms with Gasteiger partial charge in [0.15, 0.2) is 46.5 Å². The van der Waals surface area contributed by atoms with Crippen LogP contribution in [0.4, 0.5) is 54.4 Å². The Morgan fingerprint density at radius 2 is 1.05 bits per heavy atom. The van der Waals surface area contributed by atoms with Gasteiger partial charge in [-0.15, -0.1) is 0 Å². The van der Waals surface area contributed by atoms with Crippen LogP contribution in [0.1, 0.15) is 15.9 Å². The van der Waals surface area contributed by atoms with Crippen molar-refractivity contribution in [1.29, 1.82) is 0 Å². The summed E-state index contributed by atoms with van der Waals surface area (Å²) in [6.45, 7) is -0.424. The van der Waals surface area contributed by atoms with E-state index in [4.69, 9.17) is 0 Å². The molecule has 7 nitrogen and oxygen atoms in total. The summed E-state index contributed by atoms with van der Waals surface area (Å²) in [5.41, 5.74) is -3.28. The van der Waals surface area contributed by atoms with Crippen LogP contribution in [0.2, 0.25) is 0 Å². The van der Waals surface area contributed by atoms with E-state index in [0.717, 1.165) is 24.3 Å². The van der Waals surface area contributed by atoms with E-state index in [1.807, 2.05) is 5.32 Å². The maximum absolute atomic E-state index is 13.7. The summed E-state index contributed by atoms with van der Waals surface area (Å²) >= 11 is 0. The summed E-state index contributed by atoms with van der Waals surface area (Å²) in [7, 11) is -4.76. The van der Waals surface area contributed by atoms with Crippen molar-refractivity contribution < 1.29 is 61.9 Å². The van der Waals surface area contributed by atoms with E-state index in [2.05, 4.69) is 0 Å². The van der Waals surface area contributed by atoms with Crippen LogP contribution in [0.25, 0.3) is 0 Å². The molecule has 0 saturated carbocycles. The highest BCUT2D eigenvalue weighted by molar-refractivity contribution is 7.90.